The van der Waals surface area contributed by atoms with E-state index in [0.717, 1.165) is 6.07 Å². The van der Waals surface area contributed by atoms with Crippen molar-refractivity contribution in [3.8, 4) is 6.07 Å². The second kappa shape index (κ2) is 5.27. The number of halogens is 1. The number of hydrogen-bond acceptors (Lipinski definition) is 3. The molecule has 1 aliphatic rings. The zero-order valence-corrected chi connectivity index (χ0v) is 11.5. The third-order valence-corrected chi connectivity index (χ3v) is 5.45. The van der Waals surface area contributed by atoms with Gasteiger partial charge >= 0.3 is 0 Å². The maximum absolute atomic E-state index is 13.0. The van der Waals surface area contributed by atoms with Gasteiger partial charge in [-0.2, -0.15) is 9.57 Å². The number of nitriles is 1. The molecule has 0 aliphatic carbocycles. The first kappa shape index (κ1) is 14.0. The van der Waals surface area contributed by atoms with E-state index in [1.807, 2.05) is 0 Å². The molecule has 0 unspecified atom stereocenters. The minimum Gasteiger partial charge on any atom is -0.207 e. The summed E-state index contributed by atoms with van der Waals surface area (Å²) in [5.74, 6) is -0.514. The minimum atomic E-state index is -3.58. The van der Waals surface area contributed by atoms with Crippen LogP contribution in [0.5, 0.6) is 0 Å². The average molecular weight is 282 g/mol. The molecule has 0 atom stereocenters. The van der Waals surface area contributed by atoms with Crippen LogP contribution in [0.1, 0.15) is 18.4 Å². The molecule has 102 valence electrons. The highest BCUT2D eigenvalue weighted by Crippen LogP contribution is 2.25. The van der Waals surface area contributed by atoms with E-state index < -0.39 is 15.8 Å². The summed E-state index contributed by atoms with van der Waals surface area (Å²) in [5, 5.41) is 8.81. The SMILES string of the molecule is Cc1cc(F)ccc1S(=O)(=O)N1CCC(C#N)CC1. The van der Waals surface area contributed by atoms with Crippen LogP contribution in [0, 0.1) is 30.0 Å². The van der Waals surface area contributed by atoms with Gasteiger partial charge in [0.2, 0.25) is 10.0 Å². The Kier molecular flexibility index (Phi) is 3.88. The normalized spacial score (nSPS) is 18.2. The van der Waals surface area contributed by atoms with Crippen LogP contribution in [0.2, 0.25) is 0 Å². The van der Waals surface area contributed by atoms with Crippen LogP contribution < -0.4 is 0 Å². The lowest BCUT2D eigenvalue weighted by Gasteiger charge is -2.28. The van der Waals surface area contributed by atoms with Crippen molar-refractivity contribution in [3.63, 3.8) is 0 Å². The van der Waals surface area contributed by atoms with Crippen molar-refractivity contribution in [3.05, 3.63) is 29.6 Å². The second-order valence-electron chi connectivity index (χ2n) is 4.72. The van der Waals surface area contributed by atoms with Crippen LogP contribution in [0.15, 0.2) is 23.1 Å². The molecule has 0 spiro atoms. The Morgan fingerprint density at radius 1 is 1.37 bits per heavy atom. The van der Waals surface area contributed by atoms with Gasteiger partial charge in [-0.05, 0) is 43.5 Å². The number of nitrogens with zero attached hydrogens (tertiary/aromatic N) is 2. The smallest absolute Gasteiger partial charge is 0.207 e. The van der Waals surface area contributed by atoms with E-state index in [1.165, 1.54) is 16.4 Å². The van der Waals surface area contributed by atoms with Gasteiger partial charge < -0.3 is 0 Å². The molecule has 1 aromatic rings. The van der Waals surface area contributed by atoms with Crippen LogP contribution in [0.25, 0.3) is 0 Å². The van der Waals surface area contributed by atoms with E-state index in [4.69, 9.17) is 5.26 Å². The van der Waals surface area contributed by atoms with Crippen molar-refractivity contribution >= 4 is 10.0 Å². The Morgan fingerprint density at radius 2 is 2.00 bits per heavy atom. The Balaban J connectivity index is 2.26. The third-order valence-electron chi connectivity index (χ3n) is 3.39. The quantitative estimate of drug-likeness (QED) is 0.834. The number of hydrogen-bond donors (Lipinski definition) is 0. The van der Waals surface area contributed by atoms with Crippen molar-refractivity contribution in [2.24, 2.45) is 5.92 Å². The van der Waals surface area contributed by atoms with Crippen LogP contribution >= 0.6 is 0 Å². The van der Waals surface area contributed by atoms with E-state index >= 15 is 0 Å². The molecule has 1 fully saturated rings. The summed E-state index contributed by atoms with van der Waals surface area (Å²) in [6.07, 6.45) is 1.10. The molecular formula is C13H15FN2O2S. The van der Waals surface area contributed by atoms with Gasteiger partial charge in [0, 0.05) is 19.0 Å². The van der Waals surface area contributed by atoms with Crippen LogP contribution in [0.4, 0.5) is 4.39 Å². The van der Waals surface area contributed by atoms with Crippen LogP contribution in [0.3, 0.4) is 0 Å². The molecule has 0 radical (unpaired) electrons. The lowest BCUT2D eigenvalue weighted by atomic mass is 10.0. The topological polar surface area (TPSA) is 61.2 Å². The highest BCUT2D eigenvalue weighted by molar-refractivity contribution is 7.89. The molecule has 0 saturated carbocycles. The molecule has 1 aromatic carbocycles. The first-order valence-corrected chi connectivity index (χ1v) is 7.55. The first-order valence-electron chi connectivity index (χ1n) is 6.11. The molecule has 2 rings (SSSR count). The minimum absolute atomic E-state index is 0.0687. The Labute approximate surface area is 112 Å². The van der Waals surface area contributed by atoms with E-state index in [9.17, 15) is 12.8 Å². The molecule has 0 amide bonds. The second-order valence-corrected chi connectivity index (χ2v) is 6.62. The molecular weight excluding hydrogens is 267 g/mol. The van der Waals surface area contributed by atoms with E-state index in [2.05, 4.69) is 6.07 Å². The van der Waals surface area contributed by atoms with Crippen molar-refractivity contribution in [2.75, 3.05) is 13.1 Å². The lowest BCUT2D eigenvalue weighted by Crippen LogP contribution is -2.38. The van der Waals surface area contributed by atoms with E-state index in [1.54, 1.807) is 6.92 Å². The van der Waals surface area contributed by atoms with Gasteiger partial charge in [0.25, 0.3) is 0 Å². The zero-order chi connectivity index (χ0) is 14.0. The van der Waals surface area contributed by atoms with Gasteiger partial charge in [0.05, 0.1) is 11.0 Å². The monoisotopic (exact) mass is 282 g/mol. The molecule has 1 heterocycles. The summed E-state index contributed by atoms with van der Waals surface area (Å²) in [5.41, 5.74) is 0.405. The number of aryl methyl sites for hydroxylation is 1. The number of rotatable bonds is 2. The molecule has 0 bridgehead atoms. The van der Waals surface area contributed by atoms with Crippen molar-refractivity contribution in [1.82, 2.24) is 4.31 Å². The van der Waals surface area contributed by atoms with Gasteiger partial charge in [-0.15, -0.1) is 0 Å². The highest BCUT2D eigenvalue weighted by Gasteiger charge is 2.30. The molecule has 0 N–H and O–H groups in total. The fourth-order valence-corrected chi connectivity index (χ4v) is 3.94. The number of sulfonamides is 1. The fourth-order valence-electron chi connectivity index (χ4n) is 2.27. The summed E-state index contributed by atoms with van der Waals surface area (Å²) in [4.78, 5) is 0.143. The van der Waals surface area contributed by atoms with E-state index in [0.29, 0.717) is 31.5 Å². The van der Waals surface area contributed by atoms with Crippen molar-refractivity contribution < 1.29 is 12.8 Å². The summed E-state index contributed by atoms with van der Waals surface area (Å²) in [6, 6.07) is 5.84. The number of benzene rings is 1. The van der Waals surface area contributed by atoms with Crippen LogP contribution in [-0.4, -0.2) is 25.8 Å². The Bertz CT molecular complexity index is 614. The van der Waals surface area contributed by atoms with Gasteiger partial charge in [-0.25, -0.2) is 12.8 Å². The molecule has 19 heavy (non-hydrogen) atoms. The van der Waals surface area contributed by atoms with E-state index in [-0.39, 0.29) is 10.8 Å². The van der Waals surface area contributed by atoms with Gasteiger partial charge in [0.1, 0.15) is 5.82 Å². The molecule has 1 saturated heterocycles. The predicted octanol–water partition coefficient (Wildman–Crippen LogP) is 2.06. The summed E-state index contributed by atoms with van der Waals surface area (Å²) in [7, 11) is -3.58. The predicted molar refractivity (Wildman–Crippen MR) is 68.2 cm³/mol. The Morgan fingerprint density at radius 3 is 2.53 bits per heavy atom. The summed E-state index contributed by atoms with van der Waals surface area (Å²) < 4.78 is 39.3. The Hall–Kier alpha value is -1.45. The molecule has 0 aromatic heterocycles. The molecule has 6 heteroatoms. The van der Waals surface area contributed by atoms with Crippen LogP contribution in [-0.2, 0) is 10.0 Å². The van der Waals surface area contributed by atoms with Gasteiger partial charge in [-0.1, -0.05) is 0 Å². The van der Waals surface area contributed by atoms with Crippen molar-refractivity contribution in [2.45, 2.75) is 24.7 Å². The van der Waals surface area contributed by atoms with Gasteiger partial charge in [-0.3, -0.25) is 0 Å². The maximum Gasteiger partial charge on any atom is 0.243 e. The zero-order valence-electron chi connectivity index (χ0n) is 10.6. The van der Waals surface area contributed by atoms with Crippen molar-refractivity contribution in [1.29, 1.82) is 5.26 Å². The number of piperidine rings is 1. The molecule has 4 nitrogen and oxygen atoms in total. The standard InChI is InChI=1S/C13H15FN2O2S/c1-10-8-12(14)2-3-13(10)19(17,18)16-6-4-11(9-15)5-7-16/h2-3,8,11H,4-7H2,1H3. The summed E-state index contributed by atoms with van der Waals surface area (Å²) in [6.45, 7) is 2.27. The summed E-state index contributed by atoms with van der Waals surface area (Å²) >= 11 is 0. The third kappa shape index (κ3) is 2.77. The fraction of sp³-hybridized carbons (Fsp3) is 0.462. The lowest BCUT2D eigenvalue weighted by molar-refractivity contribution is 0.309. The maximum atomic E-state index is 13.0. The highest BCUT2D eigenvalue weighted by atomic mass is 32.2. The first-order chi connectivity index (χ1) is 8.95. The average Bonchev–Trinajstić information content (AvgIpc) is 2.38. The largest absolute Gasteiger partial charge is 0.243 e. The van der Waals surface area contributed by atoms with Gasteiger partial charge in [0.15, 0.2) is 0 Å². The molecule has 1 aliphatic heterocycles.